The second-order valence-corrected chi connectivity index (χ2v) is 17.7. The van der Waals surface area contributed by atoms with E-state index in [0.717, 1.165) is 74.1 Å². The Morgan fingerprint density at radius 2 is 0.986 bits per heavy atom. The molecule has 0 spiro atoms. The van der Waals surface area contributed by atoms with Crippen LogP contribution in [0.3, 0.4) is 0 Å². The fourth-order valence-corrected chi connectivity index (χ4v) is 9.75. The summed E-state index contributed by atoms with van der Waals surface area (Å²) in [6.07, 6.45) is 14.8. The van der Waals surface area contributed by atoms with Crippen LogP contribution < -0.4 is 4.74 Å². The summed E-state index contributed by atoms with van der Waals surface area (Å²) in [5.41, 5.74) is 13.8. The Balaban J connectivity index is 1.03. The first-order valence-electron chi connectivity index (χ1n) is 23.0. The Morgan fingerprint density at radius 1 is 0.522 bits per heavy atom. The molecular weight excluding hydrogens is 857 g/mol. The van der Waals surface area contributed by atoms with Gasteiger partial charge >= 0.3 is 11.9 Å². The molecule has 10 rings (SSSR count). The Kier molecular flexibility index (Phi) is 11.9. The van der Waals surface area contributed by atoms with Gasteiger partial charge in [-0.2, -0.15) is 0 Å². The van der Waals surface area contributed by atoms with E-state index in [-0.39, 0.29) is 28.6 Å². The molecule has 0 aromatic heterocycles. The average molecular weight is 903 g/mol. The minimum absolute atomic E-state index is 0.0883. The van der Waals surface area contributed by atoms with Gasteiger partial charge in [-0.05, 0) is 132 Å². The van der Waals surface area contributed by atoms with Gasteiger partial charge in [-0.1, -0.05) is 151 Å². The molecule has 0 bridgehead atoms. The van der Waals surface area contributed by atoms with E-state index in [9.17, 15) is 29.4 Å². The summed E-state index contributed by atoms with van der Waals surface area (Å²) in [6, 6.07) is 46.3. The number of hydrogen-bond donors (Lipinski definition) is 2. The van der Waals surface area contributed by atoms with Crippen molar-refractivity contribution in [3.8, 4) is 11.5 Å². The Morgan fingerprint density at radius 3 is 1.49 bits per heavy atom. The maximum absolute atomic E-state index is 14.9. The van der Waals surface area contributed by atoms with Gasteiger partial charge in [0.1, 0.15) is 11.5 Å². The van der Waals surface area contributed by atoms with Crippen LogP contribution in [0.1, 0.15) is 85.8 Å². The monoisotopic (exact) mass is 902 g/mol. The predicted octanol–water partition coefficient (Wildman–Crippen LogP) is 13.9. The first kappa shape index (κ1) is 44.2. The number of rotatable bonds is 12. The number of carboxylic acid groups (broad SMARTS) is 2. The van der Waals surface area contributed by atoms with Crippen molar-refractivity contribution in [3.63, 3.8) is 0 Å². The van der Waals surface area contributed by atoms with Crippen LogP contribution in [0.4, 0.5) is 0 Å². The fourth-order valence-electron chi connectivity index (χ4n) is 9.75. The van der Waals surface area contributed by atoms with Gasteiger partial charge in [-0.3, -0.25) is 9.59 Å². The lowest BCUT2D eigenvalue weighted by molar-refractivity contribution is -0.110. The molecule has 336 valence electrons. The van der Waals surface area contributed by atoms with Crippen LogP contribution in [0, 0.1) is 12.8 Å². The summed E-state index contributed by atoms with van der Waals surface area (Å²) >= 11 is 0. The van der Waals surface area contributed by atoms with Crippen molar-refractivity contribution in [2.75, 3.05) is 0 Å². The predicted molar refractivity (Wildman–Crippen MR) is 272 cm³/mol. The molecule has 0 fully saturated rings. The molecule has 0 aliphatic heterocycles. The van der Waals surface area contributed by atoms with Gasteiger partial charge in [-0.15, -0.1) is 0 Å². The molecule has 0 amide bonds. The number of carbonyl (C=O) groups is 4. The molecule has 0 radical (unpaired) electrons. The standard InChI is InChI=1S/C62H46O7/c1-37-13-17-43(18-14-37)55-51(39-9-5-3-6-10-39)54(58(59(55)63)46-23-27-48(28-24-46)62(67)68)42-31-35-50(36-32-42)69-49-33-29-41(30-34-49)53-52(40-11-7-4-8-12-40)57(45-21-25-47(26-22-45)61(65)66)60(64)56(53)44-19-15-38(2)16-20-44/h3-5,7-9,11-19,21-36,44H,6,10,20H2,1-2H3,(H,65,66)(H,67,68). The smallest absolute Gasteiger partial charge is 0.335 e. The van der Waals surface area contributed by atoms with Crippen LogP contribution in [0.5, 0.6) is 11.5 Å². The lowest BCUT2D eigenvalue weighted by Gasteiger charge is -2.19. The van der Waals surface area contributed by atoms with Crippen molar-refractivity contribution < 1.29 is 34.1 Å². The number of hydrogen-bond acceptors (Lipinski definition) is 5. The van der Waals surface area contributed by atoms with Gasteiger partial charge in [0.25, 0.3) is 0 Å². The Hall–Kier alpha value is -8.68. The summed E-state index contributed by atoms with van der Waals surface area (Å²) in [7, 11) is 0. The zero-order valence-electron chi connectivity index (χ0n) is 38.0. The summed E-state index contributed by atoms with van der Waals surface area (Å²) in [5, 5.41) is 19.4. The van der Waals surface area contributed by atoms with Gasteiger partial charge in [0.05, 0.1) is 11.1 Å². The second kappa shape index (κ2) is 18.5. The summed E-state index contributed by atoms with van der Waals surface area (Å²) in [5.74, 6) is -1.30. The van der Waals surface area contributed by atoms with Crippen LogP contribution >= 0.6 is 0 Å². The Labute approximate surface area is 400 Å². The number of ether oxygens (including phenoxy) is 1. The first-order valence-corrected chi connectivity index (χ1v) is 23.0. The quantitative estimate of drug-likeness (QED) is 0.126. The number of allylic oxidation sites excluding steroid dienone is 16. The van der Waals surface area contributed by atoms with Crippen LogP contribution in [0.15, 0.2) is 210 Å². The molecular formula is C62H46O7. The number of aryl methyl sites for hydroxylation is 1. The van der Waals surface area contributed by atoms with Crippen LogP contribution in [0.2, 0.25) is 0 Å². The maximum Gasteiger partial charge on any atom is 0.335 e. The first-order chi connectivity index (χ1) is 33.5. The maximum atomic E-state index is 14.9. The minimum Gasteiger partial charge on any atom is -0.478 e. The zero-order chi connectivity index (χ0) is 47.8. The zero-order valence-corrected chi connectivity index (χ0v) is 38.0. The van der Waals surface area contributed by atoms with E-state index >= 15 is 0 Å². The van der Waals surface area contributed by atoms with E-state index in [1.54, 1.807) is 36.4 Å². The molecule has 0 heterocycles. The number of ketones is 2. The highest BCUT2D eigenvalue weighted by atomic mass is 16.5. The topological polar surface area (TPSA) is 118 Å². The van der Waals surface area contributed by atoms with Gasteiger partial charge in [-0.25, -0.2) is 9.59 Å². The lowest BCUT2D eigenvalue weighted by atomic mass is 9.83. The summed E-state index contributed by atoms with van der Waals surface area (Å²) in [4.78, 5) is 53.4. The molecule has 6 aromatic carbocycles. The third kappa shape index (κ3) is 8.51. The molecule has 1 atom stereocenters. The number of benzene rings is 6. The van der Waals surface area contributed by atoms with Crippen LogP contribution in [-0.4, -0.2) is 33.7 Å². The second-order valence-electron chi connectivity index (χ2n) is 17.7. The highest BCUT2D eigenvalue weighted by molar-refractivity contribution is 6.53. The van der Waals surface area contributed by atoms with E-state index < -0.39 is 11.9 Å². The molecule has 2 N–H and O–H groups in total. The van der Waals surface area contributed by atoms with Crippen molar-refractivity contribution in [2.24, 2.45) is 5.92 Å². The van der Waals surface area contributed by atoms with Gasteiger partial charge < -0.3 is 14.9 Å². The van der Waals surface area contributed by atoms with Crippen molar-refractivity contribution in [1.82, 2.24) is 0 Å². The number of carbonyl (C=O) groups excluding carboxylic acids is 2. The van der Waals surface area contributed by atoms with Crippen molar-refractivity contribution in [2.45, 2.75) is 33.1 Å². The molecule has 7 heteroatoms. The summed E-state index contributed by atoms with van der Waals surface area (Å²) < 4.78 is 6.50. The number of Topliss-reactive ketones (excluding diaryl/α,β-unsaturated/α-hetero) is 2. The highest BCUT2D eigenvalue weighted by Gasteiger charge is 2.39. The fraction of sp³-hybridized carbons (Fsp3) is 0.0968. The summed E-state index contributed by atoms with van der Waals surface area (Å²) in [6.45, 7) is 4.06. The normalized spacial score (nSPS) is 16.9. The van der Waals surface area contributed by atoms with Gasteiger partial charge in [0.15, 0.2) is 11.6 Å². The van der Waals surface area contributed by atoms with Crippen LogP contribution in [-0.2, 0) is 9.59 Å². The number of carboxylic acids is 2. The molecule has 0 saturated heterocycles. The molecule has 6 aromatic rings. The van der Waals surface area contributed by atoms with E-state index in [1.165, 1.54) is 12.1 Å². The SMILES string of the molecule is CC1=CCC(C2=C(c3ccc(Oc4ccc(C5=C(c6ccc(C(=O)O)cc6)C(=O)C(c6ccc(C)cc6)=C5C5=CC=CCC5)cc4)cc3)C(c3ccccc3)=C(c3ccc(C(=O)O)cc3)C2=O)C=C1. The third-order valence-electron chi connectivity index (χ3n) is 13.2. The molecule has 69 heavy (non-hydrogen) atoms. The highest BCUT2D eigenvalue weighted by Crippen LogP contribution is 2.52. The van der Waals surface area contributed by atoms with Crippen molar-refractivity contribution in [1.29, 1.82) is 0 Å². The molecule has 7 nitrogen and oxygen atoms in total. The molecule has 4 aliphatic rings. The average Bonchev–Trinajstić information content (AvgIpc) is 3.86. The van der Waals surface area contributed by atoms with E-state index in [0.29, 0.717) is 51.3 Å². The molecule has 4 aliphatic carbocycles. The molecule has 0 saturated carbocycles. The lowest BCUT2D eigenvalue weighted by Crippen LogP contribution is -2.12. The molecule has 1 unspecified atom stereocenters. The van der Waals surface area contributed by atoms with E-state index in [1.807, 2.05) is 123 Å². The van der Waals surface area contributed by atoms with E-state index in [2.05, 4.69) is 30.4 Å². The van der Waals surface area contributed by atoms with Crippen molar-refractivity contribution >= 4 is 56.9 Å². The largest absolute Gasteiger partial charge is 0.478 e. The van der Waals surface area contributed by atoms with Crippen LogP contribution in [0.25, 0.3) is 33.4 Å². The Bertz CT molecular complexity index is 3350. The van der Waals surface area contributed by atoms with Gasteiger partial charge in [0, 0.05) is 39.4 Å². The number of aromatic carboxylic acids is 2. The van der Waals surface area contributed by atoms with Gasteiger partial charge in [0.2, 0.25) is 0 Å². The third-order valence-corrected chi connectivity index (χ3v) is 13.2. The van der Waals surface area contributed by atoms with Crippen molar-refractivity contribution in [3.05, 3.63) is 260 Å². The minimum atomic E-state index is -1.04. The van der Waals surface area contributed by atoms with E-state index in [4.69, 9.17) is 4.74 Å².